The number of carbonyl (C=O) groups excluding carboxylic acids is 1. The van der Waals surface area contributed by atoms with Crippen LogP contribution in [-0.2, 0) is 19.6 Å². The van der Waals surface area contributed by atoms with Crippen LogP contribution < -0.4 is 5.32 Å². The number of nitrogens with zero attached hydrogens (tertiary/aromatic N) is 1. The van der Waals surface area contributed by atoms with Gasteiger partial charge in [-0.1, -0.05) is 19.3 Å². The SMILES string of the molecule is CC1CN(S(=O)(=O)c2ccc(NC(=O)C3CCCCC3)cc2)CCO1. The summed E-state index contributed by atoms with van der Waals surface area (Å²) >= 11 is 0. The van der Waals surface area contributed by atoms with Gasteiger partial charge in [-0.3, -0.25) is 4.79 Å². The van der Waals surface area contributed by atoms with Gasteiger partial charge in [0.25, 0.3) is 0 Å². The first-order chi connectivity index (χ1) is 12.0. The van der Waals surface area contributed by atoms with Gasteiger partial charge in [0.15, 0.2) is 0 Å². The molecular formula is C18H26N2O4S. The smallest absolute Gasteiger partial charge is 0.243 e. The van der Waals surface area contributed by atoms with Gasteiger partial charge in [-0.25, -0.2) is 8.42 Å². The molecule has 6 nitrogen and oxygen atoms in total. The molecule has 1 atom stereocenters. The van der Waals surface area contributed by atoms with Crippen molar-refractivity contribution in [2.24, 2.45) is 5.92 Å². The van der Waals surface area contributed by atoms with Crippen LogP contribution in [0.25, 0.3) is 0 Å². The van der Waals surface area contributed by atoms with Crippen molar-refractivity contribution in [3.63, 3.8) is 0 Å². The Kier molecular flexibility index (Phi) is 5.76. The number of carbonyl (C=O) groups is 1. The topological polar surface area (TPSA) is 75.7 Å². The van der Waals surface area contributed by atoms with Crippen molar-refractivity contribution in [3.8, 4) is 0 Å². The van der Waals surface area contributed by atoms with E-state index in [1.807, 2.05) is 6.92 Å². The van der Waals surface area contributed by atoms with E-state index in [1.54, 1.807) is 24.3 Å². The Morgan fingerprint density at radius 2 is 1.84 bits per heavy atom. The molecule has 1 heterocycles. The minimum atomic E-state index is -3.52. The summed E-state index contributed by atoms with van der Waals surface area (Å²) in [6, 6.07) is 6.45. The molecule has 1 aromatic carbocycles. The molecule has 1 aliphatic carbocycles. The second-order valence-electron chi connectivity index (χ2n) is 6.89. The summed E-state index contributed by atoms with van der Waals surface area (Å²) in [4.78, 5) is 12.5. The molecule has 1 aliphatic heterocycles. The van der Waals surface area contributed by atoms with Crippen LogP contribution in [0.15, 0.2) is 29.2 Å². The van der Waals surface area contributed by atoms with E-state index in [2.05, 4.69) is 5.32 Å². The molecule has 0 bridgehead atoms. The molecule has 138 valence electrons. The lowest BCUT2D eigenvalue weighted by atomic mass is 9.88. The van der Waals surface area contributed by atoms with Crippen molar-refractivity contribution >= 4 is 21.6 Å². The van der Waals surface area contributed by atoms with E-state index in [0.29, 0.717) is 25.4 Å². The highest BCUT2D eigenvalue weighted by atomic mass is 32.2. The Morgan fingerprint density at radius 1 is 1.16 bits per heavy atom. The van der Waals surface area contributed by atoms with Gasteiger partial charge in [0.2, 0.25) is 15.9 Å². The van der Waals surface area contributed by atoms with E-state index in [0.717, 1.165) is 25.7 Å². The summed E-state index contributed by atoms with van der Waals surface area (Å²) in [6.07, 6.45) is 5.19. The average Bonchev–Trinajstić information content (AvgIpc) is 2.63. The summed E-state index contributed by atoms with van der Waals surface area (Å²) < 4.78 is 32.3. The third kappa shape index (κ3) is 4.40. The van der Waals surface area contributed by atoms with Gasteiger partial charge in [0, 0.05) is 24.7 Å². The number of hydrogen-bond donors (Lipinski definition) is 1. The molecule has 25 heavy (non-hydrogen) atoms. The Bertz CT molecular complexity index is 696. The molecule has 0 aromatic heterocycles. The molecule has 1 N–H and O–H groups in total. The van der Waals surface area contributed by atoms with Crippen LogP contribution >= 0.6 is 0 Å². The average molecular weight is 366 g/mol. The van der Waals surface area contributed by atoms with Crippen molar-refractivity contribution in [2.75, 3.05) is 25.0 Å². The number of ether oxygens (including phenoxy) is 1. The van der Waals surface area contributed by atoms with Crippen LogP contribution in [-0.4, -0.2) is 44.4 Å². The molecule has 7 heteroatoms. The van der Waals surface area contributed by atoms with Gasteiger partial charge >= 0.3 is 0 Å². The van der Waals surface area contributed by atoms with Crippen LogP contribution in [0.3, 0.4) is 0 Å². The standard InChI is InChI=1S/C18H26N2O4S/c1-14-13-20(11-12-24-14)25(22,23)17-9-7-16(8-10-17)19-18(21)15-5-3-2-4-6-15/h7-10,14-15H,2-6,11-13H2,1H3,(H,19,21). The van der Waals surface area contributed by atoms with Crippen LogP contribution in [0, 0.1) is 5.92 Å². The zero-order valence-electron chi connectivity index (χ0n) is 14.6. The number of rotatable bonds is 4. The van der Waals surface area contributed by atoms with Gasteiger partial charge < -0.3 is 10.1 Å². The van der Waals surface area contributed by atoms with Gasteiger partial charge in [-0.05, 0) is 44.0 Å². The minimum absolute atomic E-state index is 0.0392. The first-order valence-corrected chi connectivity index (χ1v) is 10.4. The zero-order chi connectivity index (χ0) is 17.9. The van der Waals surface area contributed by atoms with Gasteiger partial charge in [-0.15, -0.1) is 0 Å². The second-order valence-corrected chi connectivity index (χ2v) is 8.83. The third-order valence-electron chi connectivity index (χ3n) is 4.94. The molecule has 1 saturated heterocycles. The number of hydrogen-bond acceptors (Lipinski definition) is 4. The predicted molar refractivity (Wildman–Crippen MR) is 95.8 cm³/mol. The Morgan fingerprint density at radius 3 is 2.48 bits per heavy atom. The van der Waals surface area contributed by atoms with Crippen molar-refractivity contribution < 1.29 is 17.9 Å². The third-order valence-corrected chi connectivity index (χ3v) is 6.82. The van der Waals surface area contributed by atoms with Crippen LogP contribution in [0.2, 0.25) is 0 Å². The molecule has 2 fully saturated rings. The van der Waals surface area contributed by atoms with Crippen molar-refractivity contribution in [1.82, 2.24) is 4.31 Å². The lowest BCUT2D eigenvalue weighted by molar-refractivity contribution is -0.120. The Balaban J connectivity index is 1.66. The summed E-state index contributed by atoms with van der Waals surface area (Å²) in [5.74, 6) is 0.115. The largest absolute Gasteiger partial charge is 0.376 e. The number of amides is 1. The first-order valence-electron chi connectivity index (χ1n) is 8.99. The second kappa shape index (κ2) is 7.85. The molecule has 1 saturated carbocycles. The van der Waals surface area contributed by atoms with Crippen molar-refractivity contribution in [1.29, 1.82) is 0 Å². The molecule has 0 spiro atoms. The fraction of sp³-hybridized carbons (Fsp3) is 0.611. The number of benzene rings is 1. The summed E-state index contributed by atoms with van der Waals surface area (Å²) in [5, 5.41) is 2.91. The Labute approximate surface area is 149 Å². The molecular weight excluding hydrogens is 340 g/mol. The van der Waals surface area contributed by atoms with E-state index in [9.17, 15) is 13.2 Å². The molecule has 1 amide bonds. The van der Waals surface area contributed by atoms with Gasteiger partial charge in [0.1, 0.15) is 0 Å². The van der Waals surface area contributed by atoms with Gasteiger partial charge in [0.05, 0.1) is 17.6 Å². The van der Waals surface area contributed by atoms with Crippen LogP contribution in [0.1, 0.15) is 39.0 Å². The molecule has 1 unspecified atom stereocenters. The molecule has 3 rings (SSSR count). The zero-order valence-corrected chi connectivity index (χ0v) is 15.4. The maximum Gasteiger partial charge on any atom is 0.243 e. The monoisotopic (exact) mass is 366 g/mol. The quantitative estimate of drug-likeness (QED) is 0.889. The van der Waals surface area contributed by atoms with Crippen molar-refractivity contribution in [2.45, 2.75) is 50.0 Å². The highest BCUT2D eigenvalue weighted by Crippen LogP contribution is 2.26. The van der Waals surface area contributed by atoms with E-state index in [1.165, 1.54) is 10.7 Å². The number of sulfonamides is 1. The lowest BCUT2D eigenvalue weighted by Gasteiger charge is -2.30. The number of morpholine rings is 1. The normalized spacial score (nSPS) is 23.3. The summed E-state index contributed by atoms with van der Waals surface area (Å²) in [6.45, 7) is 3.01. The van der Waals surface area contributed by atoms with Crippen LogP contribution in [0.4, 0.5) is 5.69 Å². The lowest BCUT2D eigenvalue weighted by Crippen LogP contribution is -2.44. The minimum Gasteiger partial charge on any atom is -0.376 e. The summed E-state index contributed by atoms with van der Waals surface area (Å²) in [7, 11) is -3.52. The fourth-order valence-electron chi connectivity index (χ4n) is 3.47. The molecule has 0 radical (unpaired) electrons. The first kappa shape index (κ1) is 18.4. The highest BCUT2D eigenvalue weighted by molar-refractivity contribution is 7.89. The fourth-order valence-corrected chi connectivity index (χ4v) is 4.97. The van der Waals surface area contributed by atoms with Gasteiger partial charge in [-0.2, -0.15) is 4.31 Å². The van der Waals surface area contributed by atoms with Crippen molar-refractivity contribution in [3.05, 3.63) is 24.3 Å². The maximum atomic E-state index is 12.7. The maximum absolute atomic E-state index is 12.7. The Hall–Kier alpha value is -1.44. The number of nitrogens with one attached hydrogen (secondary N) is 1. The van der Waals surface area contributed by atoms with E-state index < -0.39 is 10.0 Å². The van der Waals surface area contributed by atoms with E-state index in [-0.39, 0.29) is 22.8 Å². The predicted octanol–water partition coefficient (Wildman–Crippen LogP) is 2.61. The van der Waals surface area contributed by atoms with E-state index >= 15 is 0 Å². The molecule has 2 aliphatic rings. The number of anilines is 1. The van der Waals surface area contributed by atoms with E-state index in [4.69, 9.17) is 4.74 Å². The van der Waals surface area contributed by atoms with Crippen LogP contribution in [0.5, 0.6) is 0 Å². The molecule has 1 aromatic rings. The summed E-state index contributed by atoms with van der Waals surface area (Å²) in [5.41, 5.74) is 0.643. The highest BCUT2D eigenvalue weighted by Gasteiger charge is 2.29.